The van der Waals surface area contributed by atoms with Crippen LogP contribution in [0, 0.1) is 0 Å². The van der Waals surface area contributed by atoms with Crippen molar-refractivity contribution in [3.63, 3.8) is 0 Å². The van der Waals surface area contributed by atoms with Crippen molar-refractivity contribution in [2.45, 2.75) is 57.4 Å². The first-order valence-corrected chi connectivity index (χ1v) is 10.4. The quantitative estimate of drug-likeness (QED) is 0.715. The highest BCUT2D eigenvalue weighted by Crippen LogP contribution is 2.28. The third-order valence-corrected chi connectivity index (χ3v) is 6.08. The van der Waals surface area contributed by atoms with Gasteiger partial charge in [0.15, 0.2) is 11.5 Å². The van der Waals surface area contributed by atoms with Crippen LogP contribution in [0.2, 0.25) is 0 Å². The number of carbonyl (C=O) groups is 1. The first kappa shape index (κ1) is 20.0. The maximum Gasteiger partial charge on any atom is 0.222 e. The molecule has 1 saturated heterocycles. The molecule has 1 amide bonds. The van der Waals surface area contributed by atoms with E-state index in [4.69, 9.17) is 9.47 Å². The van der Waals surface area contributed by atoms with Gasteiger partial charge in [0.25, 0.3) is 0 Å². The van der Waals surface area contributed by atoms with E-state index >= 15 is 0 Å². The molecule has 0 radical (unpaired) electrons. The van der Waals surface area contributed by atoms with Crippen molar-refractivity contribution in [3.8, 4) is 11.5 Å². The Labute approximate surface area is 163 Å². The lowest BCUT2D eigenvalue weighted by Gasteiger charge is -2.39. The van der Waals surface area contributed by atoms with Gasteiger partial charge in [0.2, 0.25) is 5.91 Å². The normalized spacial score (nSPS) is 19.6. The molecular weight excluding hydrogens is 340 g/mol. The number of carbonyl (C=O) groups excluding carboxylic acids is 1. The third-order valence-electron chi connectivity index (χ3n) is 6.08. The van der Waals surface area contributed by atoms with E-state index in [1.165, 1.54) is 38.5 Å². The van der Waals surface area contributed by atoms with Crippen molar-refractivity contribution in [3.05, 3.63) is 23.8 Å². The third kappa shape index (κ3) is 5.38. The summed E-state index contributed by atoms with van der Waals surface area (Å²) in [6, 6.07) is 6.63. The van der Waals surface area contributed by atoms with Crippen LogP contribution in [0.4, 0.5) is 0 Å². The molecule has 0 N–H and O–H groups in total. The van der Waals surface area contributed by atoms with Crippen LogP contribution in [-0.4, -0.2) is 62.1 Å². The van der Waals surface area contributed by atoms with Crippen molar-refractivity contribution in [1.29, 1.82) is 0 Å². The number of hydrogen-bond donors (Lipinski definition) is 0. The summed E-state index contributed by atoms with van der Waals surface area (Å²) < 4.78 is 10.6. The molecule has 150 valence electrons. The Hall–Kier alpha value is -1.75. The minimum atomic E-state index is 0.269. The average Bonchev–Trinajstić information content (AvgIpc) is 3.01. The standard InChI is InChI=1S/C22H34N2O3/c1-26-20-11-9-18(17-21(20)27-2)10-12-22(25)24-15-13-23(14-16-24)19-7-5-3-4-6-8-19/h9,11,17,19H,3-8,10,12-16H2,1-2H3. The summed E-state index contributed by atoms with van der Waals surface area (Å²) in [5.41, 5.74) is 1.11. The van der Waals surface area contributed by atoms with Crippen LogP contribution in [0.1, 0.15) is 50.5 Å². The molecule has 0 spiro atoms. The molecule has 2 fully saturated rings. The van der Waals surface area contributed by atoms with Crippen LogP contribution in [0.15, 0.2) is 18.2 Å². The van der Waals surface area contributed by atoms with E-state index in [0.717, 1.165) is 55.7 Å². The molecule has 1 aromatic carbocycles. The van der Waals surface area contributed by atoms with Gasteiger partial charge in [-0.05, 0) is 37.0 Å². The zero-order valence-electron chi connectivity index (χ0n) is 16.9. The van der Waals surface area contributed by atoms with Crippen LogP contribution < -0.4 is 9.47 Å². The average molecular weight is 375 g/mol. The van der Waals surface area contributed by atoms with Gasteiger partial charge < -0.3 is 14.4 Å². The second-order valence-electron chi connectivity index (χ2n) is 7.75. The number of benzene rings is 1. The summed E-state index contributed by atoms with van der Waals surface area (Å²) in [5.74, 6) is 1.71. The zero-order valence-corrected chi connectivity index (χ0v) is 16.9. The van der Waals surface area contributed by atoms with Gasteiger partial charge in [0.1, 0.15) is 0 Å². The topological polar surface area (TPSA) is 42.0 Å². The fourth-order valence-corrected chi connectivity index (χ4v) is 4.40. The fourth-order valence-electron chi connectivity index (χ4n) is 4.40. The number of rotatable bonds is 6. The molecule has 0 bridgehead atoms. The first-order chi connectivity index (χ1) is 13.2. The van der Waals surface area contributed by atoms with E-state index in [-0.39, 0.29) is 5.91 Å². The Morgan fingerprint density at radius 1 is 0.963 bits per heavy atom. The van der Waals surface area contributed by atoms with Crippen LogP contribution >= 0.6 is 0 Å². The smallest absolute Gasteiger partial charge is 0.222 e. The highest BCUT2D eigenvalue weighted by Gasteiger charge is 2.26. The van der Waals surface area contributed by atoms with E-state index in [2.05, 4.69) is 4.90 Å². The second kappa shape index (κ2) is 9.98. The maximum atomic E-state index is 12.6. The number of methoxy groups -OCH3 is 2. The SMILES string of the molecule is COc1ccc(CCC(=O)N2CCN(C3CCCCCC3)CC2)cc1OC. The minimum Gasteiger partial charge on any atom is -0.493 e. The van der Waals surface area contributed by atoms with Crippen molar-refractivity contribution < 1.29 is 14.3 Å². The molecule has 5 nitrogen and oxygen atoms in total. The van der Waals surface area contributed by atoms with E-state index in [1.807, 2.05) is 23.1 Å². The lowest BCUT2D eigenvalue weighted by atomic mass is 10.1. The molecule has 1 aliphatic carbocycles. The summed E-state index contributed by atoms with van der Waals surface area (Å²) in [6.45, 7) is 3.82. The second-order valence-corrected chi connectivity index (χ2v) is 7.75. The van der Waals surface area contributed by atoms with Crippen LogP contribution in [0.5, 0.6) is 11.5 Å². The lowest BCUT2D eigenvalue weighted by Crippen LogP contribution is -2.51. The molecule has 0 unspecified atom stereocenters. The van der Waals surface area contributed by atoms with E-state index < -0.39 is 0 Å². The van der Waals surface area contributed by atoms with E-state index in [0.29, 0.717) is 6.42 Å². The predicted molar refractivity (Wildman–Crippen MR) is 108 cm³/mol. The molecule has 2 aliphatic rings. The Bertz CT molecular complexity index is 604. The Morgan fingerprint density at radius 2 is 1.63 bits per heavy atom. The van der Waals surface area contributed by atoms with Crippen LogP contribution in [-0.2, 0) is 11.2 Å². The van der Waals surface area contributed by atoms with E-state index in [9.17, 15) is 4.79 Å². The first-order valence-electron chi connectivity index (χ1n) is 10.4. The highest BCUT2D eigenvalue weighted by atomic mass is 16.5. The minimum absolute atomic E-state index is 0.269. The van der Waals surface area contributed by atoms with Crippen LogP contribution in [0.3, 0.4) is 0 Å². The van der Waals surface area contributed by atoms with Crippen molar-refractivity contribution in [2.24, 2.45) is 0 Å². The van der Waals surface area contributed by atoms with Gasteiger partial charge >= 0.3 is 0 Å². The lowest BCUT2D eigenvalue weighted by molar-refractivity contribution is -0.133. The number of hydrogen-bond acceptors (Lipinski definition) is 4. The fraction of sp³-hybridized carbons (Fsp3) is 0.682. The molecule has 1 saturated carbocycles. The van der Waals surface area contributed by atoms with E-state index in [1.54, 1.807) is 14.2 Å². The molecule has 1 heterocycles. The molecule has 1 aromatic rings. The molecular formula is C22H34N2O3. The van der Waals surface area contributed by atoms with Gasteiger partial charge in [-0.3, -0.25) is 9.69 Å². The van der Waals surface area contributed by atoms with Gasteiger partial charge in [0, 0.05) is 38.6 Å². The molecule has 27 heavy (non-hydrogen) atoms. The Kier molecular flexibility index (Phi) is 7.39. The predicted octanol–water partition coefficient (Wildman–Crippen LogP) is 3.50. The summed E-state index contributed by atoms with van der Waals surface area (Å²) in [6.07, 6.45) is 9.50. The maximum absolute atomic E-state index is 12.6. The van der Waals surface area contributed by atoms with Crippen LogP contribution in [0.25, 0.3) is 0 Å². The number of piperazine rings is 1. The summed E-state index contributed by atoms with van der Waals surface area (Å²) in [5, 5.41) is 0. The number of ether oxygens (including phenoxy) is 2. The monoisotopic (exact) mass is 374 g/mol. The van der Waals surface area contributed by atoms with Crippen molar-refractivity contribution in [2.75, 3.05) is 40.4 Å². The van der Waals surface area contributed by atoms with Gasteiger partial charge in [-0.15, -0.1) is 0 Å². The van der Waals surface area contributed by atoms with Crippen molar-refractivity contribution >= 4 is 5.91 Å². The summed E-state index contributed by atoms with van der Waals surface area (Å²) in [7, 11) is 3.27. The Morgan fingerprint density at radius 3 is 2.26 bits per heavy atom. The van der Waals surface area contributed by atoms with Gasteiger partial charge in [0.05, 0.1) is 14.2 Å². The zero-order chi connectivity index (χ0) is 19.1. The molecule has 5 heteroatoms. The highest BCUT2D eigenvalue weighted by molar-refractivity contribution is 5.76. The molecule has 0 atom stereocenters. The molecule has 3 rings (SSSR count). The van der Waals surface area contributed by atoms with Gasteiger partial charge in [-0.1, -0.05) is 31.7 Å². The number of amides is 1. The summed E-state index contributed by atoms with van der Waals surface area (Å²) >= 11 is 0. The molecule has 0 aromatic heterocycles. The largest absolute Gasteiger partial charge is 0.493 e. The molecule has 1 aliphatic heterocycles. The van der Waals surface area contributed by atoms with Gasteiger partial charge in [-0.25, -0.2) is 0 Å². The van der Waals surface area contributed by atoms with Crippen molar-refractivity contribution in [1.82, 2.24) is 9.80 Å². The van der Waals surface area contributed by atoms with Gasteiger partial charge in [-0.2, -0.15) is 0 Å². The Balaban J connectivity index is 1.45. The number of nitrogens with zero attached hydrogens (tertiary/aromatic N) is 2. The summed E-state index contributed by atoms with van der Waals surface area (Å²) in [4.78, 5) is 17.3. The number of aryl methyl sites for hydroxylation is 1.